The molecule has 2 fully saturated rings. The van der Waals surface area contributed by atoms with Crippen molar-refractivity contribution in [2.75, 3.05) is 18.1 Å². The van der Waals surface area contributed by atoms with E-state index in [0.29, 0.717) is 0 Å². The molecule has 2 unspecified atom stereocenters. The van der Waals surface area contributed by atoms with Crippen molar-refractivity contribution in [3.63, 3.8) is 0 Å². The Hall–Kier alpha value is 0.270. The first-order valence-electron chi connectivity index (χ1n) is 6.34. The van der Waals surface area contributed by atoms with E-state index in [1.807, 2.05) is 11.8 Å². The molecule has 94 valence electrons. The van der Waals surface area contributed by atoms with Crippen LogP contribution in [0.3, 0.4) is 0 Å². The van der Waals surface area contributed by atoms with Gasteiger partial charge in [-0.1, -0.05) is 20.3 Å². The average molecular weight is 244 g/mol. The molecule has 0 aromatic rings. The van der Waals surface area contributed by atoms with E-state index in [9.17, 15) is 10.2 Å². The van der Waals surface area contributed by atoms with Crippen molar-refractivity contribution in [1.29, 1.82) is 0 Å². The third-order valence-electron chi connectivity index (χ3n) is 4.61. The lowest BCUT2D eigenvalue weighted by atomic mass is 9.59. The fraction of sp³-hybridized carbons (Fsp3) is 1.00. The third-order valence-corrected chi connectivity index (χ3v) is 5.86. The summed E-state index contributed by atoms with van der Waals surface area (Å²) >= 11 is 1.88. The van der Waals surface area contributed by atoms with Crippen LogP contribution in [0.1, 0.15) is 46.0 Å². The van der Waals surface area contributed by atoms with Gasteiger partial charge in [0.15, 0.2) is 0 Å². The SMILES string of the molecule is CC1(C)CCCC(O)(C2(CO)CCSC2)C1. The van der Waals surface area contributed by atoms with E-state index in [1.54, 1.807) is 0 Å². The fourth-order valence-electron chi connectivity index (χ4n) is 3.53. The van der Waals surface area contributed by atoms with Crippen LogP contribution in [0.15, 0.2) is 0 Å². The molecule has 0 aromatic carbocycles. The average Bonchev–Trinajstić information content (AvgIpc) is 2.65. The Morgan fingerprint density at radius 3 is 2.44 bits per heavy atom. The van der Waals surface area contributed by atoms with Gasteiger partial charge in [0.05, 0.1) is 12.2 Å². The molecule has 0 spiro atoms. The highest BCUT2D eigenvalue weighted by Gasteiger charge is 2.54. The van der Waals surface area contributed by atoms with Gasteiger partial charge in [-0.05, 0) is 36.9 Å². The quantitative estimate of drug-likeness (QED) is 0.784. The van der Waals surface area contributed by atoms with Crippen LogP contribution in [0.5, 0.6) is 0 Å². The highest BCUT2D eigenvalue weighted by atomic mass is 32.2. The number of hydrogen-bond donors (Lipinski definition) is 2. The maximum Gasteiger partial charge on any atom is 0.0739 e. The molecule has 0 aromatic heterocycles. The monoisotopic (exact) mass is 244 g/mol. The summed E-state index contributed by atoms with van der Waals surface area (Å²) in [4.78, 5) is 0. The van der Waals surface area contributed by atoms with Crippen LogP contribution >= 0.6 is 11.8 Å². The maximum atomic E-state index is 11.0. The lowest BCUT2D eigenvalue weighted by Crippen LogP contribution is -2.55. The molecular weight excluding hydrogens is 220 g/mol. The lowest BCUT2D eigenvalue weighted by Gasteiger charge is -2.51. The summed E-state index contributed by atoms with van der Waals surface area (Å²) in [6.45, 7) is 4.63. The van der Waals surface area contributed by atoms with Crippen molar-refractivity contribution in [2.24, 2.45) is 10.8 Å². The van der Waals surface area contributed by atoms with E-state index in [-0.39, 0.29) is 17.4 Å². The highest BCUT2D eigenvalue weighted by Crippen LogP contribution is 2.54. The Bertz CT molecular complexity index is 259. The molecule has 1 aliphatic carbocycles. The Kier molecular flexibility index (Phi) is 3.32. The molecule has 2 rings (SSSR count). The maximum absolute atomic E-state index is 11.0. The number of rotatable bonds is 2. The highest BCUT2D eigenvalue weighted by molar-refractivity contribution is 7.99. The first-order valence-corrected chi connectivity index (χ1v) is 7.50. The number of hydrogen-bond acceptors (Lipinski definition) is 3. The van der Waals surface area contributed by atoms with Crippen molar-refractivity contribution >= 4 is 11.8 Å². The predicted octanol–water partition coefficient (Wildman–Crippen LogP) is 2.43. The van der Waals surface area contributed by atoms with Crippen molar-refractivity contribution in [3.05, 3.63) is 0 Å². The van der Waals surface area contributed by atoms with E-state index < -0.39 is 5.60 Å². The topological polar surface area (TPSA) is 40.5 Å². The van der Waals surface area contributed by atoms with Gasteiger partial charge in [-0.2, -0.15) is 11.8 Å². The molecule has 0 radical (unpaired) electrons. The molecule has 3 heteroatoms. The molecule has 0 bridgehead atoms. The second-order valence-corrected chi connectivity index (χ2v) is 7.57. The second-order valence-electron chi connectivity index (χ2n) is 6.47. The van der Waals surface area contributed by atoms with Gasteiger partial charge in [-0.15, -0.1) is 0 Å². The minimum Gasteiger partial charge on any atom is -0.396 e. The van der Waals surface area contributed by atoms with Gasteiger partial charge >= 0.3 is 0 Å². The van der Waals surface area contributed by atoms with Gasteiger partial charge in [-0.3, -0.25) is 0 Å². The smallest absolute Gasteiger partial charge is 0.0739 e. The zero-order valence-electron chi connectivity index (χ0n) is 10.5. The van der Waals surface area contributed by atoms with Crippen LogP contribution in [0.4, 0.5) is 0 Å². The van der Waals surface area contributed by atoms with Gasteiger partial charge in [0.25, 0.3) is 0 Å². The van der Waals surface area contributed by atoms with Crippen LogP contribution in [-0.4, -0.2) is 33.9 Å². The van der Waals surface area contributed by atoms with Crippen molar-refractivity contribution < 1.29 is 10.2 Å². The van der Waals surface area contributed by atoms with Crippen LogP contribution in [0, 0.1) is 10.8 Å². The summed E-state index contributed by atoms with van der Waals surface area (Å²) in [5, 5.41) is 20.7. The molecule has 2 atom stereocenters. The van der Waals surface area contributed by atoms with Gasteiger partial charge in [0, 0.05) is 11.2 Å². The molecule has 2 nitrogen and oxygen atoms in total. The minimum absolute atomic E-state index is 0.145. The predicted molar refractivity (Wildman–Crippen MR) is 68.7 cm³/mol. The molecule has 2 aliphatic rings. The molecular formula is C13H24O2S. The summed E-state index contributed by atoms with van der Waals surface area (Å²) in [7, 11) is 0. The van der Waals surface area contributed by atoms with Gasteiger partial charge in [0.1, 0.15) is 0 Å². The normalized spacial score (nSPS) is 43.5. The van der Waals surface area contributed by atoms with E-state index in [2.05, 4.69) is 13.8 Å². The Morgan fingerprint density at radius 1 is 1.19 bits per heavy atom. The first kappa shape index (κ1) is 12.7. The van der Waals surface area contributed by atoms with E-state index in [4.69, 9.17) is 0 Å². The van der Waals surface area contributed by atoms with E-state index in [0.717, 1.165) is 37.2 Å². The molecule has 0 amide bonds. The van der Waals surface area contributed by atoms with Crippen LogP contribution in [-0.2, 0) is 0 Å². The van der Waals surface area contributed by atoms with Crippen molar-refractivity contribution in [3.8, 4) is 0 Å². The van der Waals surface area contributed by atoms with Gasteiger partial charge in [-0.25, -0.2) is 0 Å². The van der Waals surface area contributed by atoms with Crippen molar-refractivity contribution in [2.45, 2.75) is 51.6 Å². The number of aliphatic hydroxyl groups excluding tert-OH is 1. The van der Waals surface area contributed by atoms with Crippen LogP contribution in [0.2, 0.25) is 0 Å². The van der Waals surface area contributed by atoms with E-state index in [1.165, 1.54) is 6.42 Å². The molecule has 1 aliphatic heterocycles. The molecule has 16 heavy (non-hydrogen) atoms. The number of thioether (sulfide) groups is 1. The summed E-state index contributed by atoms with van der Waals surface area (Å²) in [5.41, 5.74) is -0.634. The van der Waals surface area contributed by atoms with Gasteiger partial charge < -0.3 is 10.2 Å². The lowest BCUT2D eigenvalue weighted by molar-refractivity contribution is -0.141. The summed E-state index contributed by atoms with van der Waals surface area (Å²) in [5.74, 6) is 2.01. The molecule has 2 N–H and O–H groups in total. The third kappa shape index (κ3) is 2.02. The fourth-order valence-corrected chi connectivity index (χ4v) is 5.10. The Labute approximate surface area is 103 Å². The zero-order chi connectivity index (χ0) is 11.9. The van der Waals surface area contributed by atoms with Crippen LogP contribution in [0.25, 0.3) is 0 Å². The number of aliphatic hydroxyl groups is 2. The molecule has 1 heterocycles. The molecule has 1 saturated heterocycles. The van der Waals surface area contributed by atoms with Crippen LogP contribution < -0.4 is 0 Å². The summed E-state index contributed by atoms with van der Waals surface area (Å²) < 4.78 is 0. The Balaban J connectivity index is 2.22. The standard InChI is InChI=1S/C13H24O2S/c1-11(2)4-3-5-13(15,8-11)12(9-14)6-7-16-10-12/h14-15H,3-10H2,1-2H3. The zero-order valence-corrected chi connectivity index (χ0v) is 11.3. The van der Waals surface area contributed by atoms with Crippen molar-refractivity contribution in [1.82, 2.24) is 0 Å². The summed E-state index contributed by atoms with van der Waals surface area (Å²) in [6, 6.07) is 0. The summed E-state index contributed by atoms with van der Waals surface area (Å²) in [6.07, 6.45) is 4.99. The molecule has 1 saturated carbocycles. The Morgan fingerprint density at radius 2 is 1.94 bits per heavy atom. The minimum atomic E-state index is -0.632. The first-order chi connectivity index (χ1) is 7.43. The largest absolute Gasteiger partial charge is 0.396 e. The van der Waals surface area contributed by atoms with E-state index >= 15 is 0 Å². The van der Waals surface area contributed by atoms with Gasteiger partial charge in [0.2, 0.25) is 0 Å². The second kappa shape index (κ2) is 4.18.